The first-order chi connectivity index (χ1) is 13.7. The Balaban J connectivity index is 1.78. The Morgan fingerprint density at radius 2 is 1.97 bits per heavy atom. The fraction of sp³-hybridized carbons (Fsp3) is 0.476. The third-order valence-electron chi connectivity index (χ3n) is 5.52. The van der Waals surface area contributed by atoms with Crippen molar-refractivity contribution in [3.05, 3.63) is 46.8 Å². The molecule has 0 bridgehead atoms. The van der Waals surface area contributed by atoms with E-state index < -0.39 is 10.0 Å². The van der Waals surface area contributed by atoms with E-state index in [-0.39, 0.29) is 16.5 Å². The molecule has 1 saturated heterocycles. The second-order valence-corrected chi connectivity index (χ2v) is 9.57. The van der Waals surface area contributed by atoms with Crippen molar-refractivity contribution >= 4 is 15.9 Å². The molecule has 0 unspecified atom stereocenters. The number of nitrogens with one attached hydrogen (secondary N) is 2. The summed E-state index contributed by atoms with van der Waals surface area (Å²) in [4.78, 5) is 15.9. The van der Waals surface area contributed by atoms with Crippen LogP contribution in [-0.2, 0) is 16.6 Å². The van der Waals surface area contributed by atoms with Crippen LogP contribution in [0.4, 0.5) is 0 Å². The number of benzene rings is 1. The van der Waals surface area contributed by atoms with Gasteiger partial charge < -0.3 is 15.0 Å². The zero-order chi connectivity index (χ0) is 21.2. The average molecular weight is 420 g/mol. The molecule has 0 atom stereocenters. The molecule has 158 valence electrons. The van der Waals surface area contributed by atoms with Crippen molar-refractivity contribution < 1.29 is 17.9 Å². The van der Waals surface area contributed by atoms with Crippen LogP contribution in [0, 0.1) is 19.8 Å². The molecule has 1 fully saturated rings. The van der Waals surface area contributed by atoms with Crippen molar-refractivity contribution in [3.8, 4) is 5.75 Å². The number of amides is 1. The molecular weight excluding hydrogens is 390 g/mol. The maximum atomic E-state index is 13.2. The van der Waals surface area contributed by atoms with E-state index in [4.69, 9.17) is 4.74 Å². The van der Waals surface area contributed by atoms with Crippen LogP contribution in [0.1, 0.15) is 47.1 Å². The van der Waals surface area contributed by atoms with E-state index in [1.54, 1.807) is 21.0 Å². The minimum absolute atomic E-state index is 0.221. The van der Waals surface area contributed by atoms with Crippen LogP contribution >= 0.6 is 0 Å². The lowest BCUT2D eigenvalue weighted by Crippen LogP contribution is -2.38. The first kappa shape index (κ1) is 21.4. The SMILES string of the molecule is COc1cccc(CNC(=O)c2[nH]c(C)c(S(=O)(=O)N3CCC(C)CC3)c2C)c1. The van der Waals surface area contributed by atoms with Gasteiger partial charge in [-0.1, -0.05) is 19.1 Å². The van der Waals surface area contributed by atoms with Crippen molar-refractivity contribution in [1.29, 1.82) is 0 Å². The van der Waals surface area contributed by atoms with E-state index in [0.29, 0.717) is 42.6 Å². The summed E-state index contributed by atoms with van der Waals surface area (Å²) < 4.78 is 33.1. The molecule has 1 aliphatic heterocycles. The zero-order valence-electron chi connectivity index (χ0n) is 17.4. The lowest BCUT2D eigenvalue weighted by atomic mass is 10.0. The first-order valence-electron chi connectivity index (χ1n) is 9.84. The van der Waals surface area contributed by atoms with E-state index >= 15 is 0 Å². The molecule has 2 heterocycles. The molecule has 2 N–H and O–H groups in total. The largest absolute Gasteiger partial charge is 0.497 e. The molecular formula is C21H29N3O4S. The van der Waals surface area contributed by atoms with Gasteiger partial charge >= 0.3 is 0 Å². The number of aromatic amines is 1. The fourth-order valence-electron chi connectivity index (χ4n) is 3.75. The monoisotopic (exact) mass is 419 g/mol. The number of methoxy groups -OCH3 is 1. The molecule has 29 heavy (non-hydrogen) atoms. The number of aryl methyl sites for hydroxylation is 1. The van der Waals surface area contributed by atoms with Crippen LogP contribution < -0.4 is 10.1 Å². The normalized spacial score (nSPS) is 16.0. The Hall–Kier alpha value is -2.32. The molecule has 0 radical (unpaired) electrons. The van der Waals surface area contributed by atoms with Gasteiger partial charge in [0.15, 0.2) is 0 Å². The topological polar surface area (TPSA) is 91.5 Å². The van der Waals surface area contributed by atoms with Gasteiger partial charge in [0.05, 0.1) is 7.11 Å². The lowest BCUT2D eigenvalue weighted by molar-refractivity contribution is 0.0945. The molecule has 8 heteroatoms. The van der Waals surface area contributed by atoms with E-state index in [1.807, 2.05) is 24.3 Å². The Kier molecular flexibility index (Phi) is 6.33. The predicted molar refractivity (Wildman–Crippen MR) is 112 cm³/mol. The van der Waals surface area contributed by atoms with Crippen molar-refractivity contribution in [2.75, 3.05) is 20.2 Å². The highest BCUT2D eigenvalue weighted by Gasteiger charge is 2.33. The Morgan fingerprint density at radius 3 is 2.62 bits per heavy atom. The summed E-state index contributed by atoms with van der Waals surface area (Å²) in [5.74, 6) is 0.919. The number of H-pyrrole nitrogens is 1. The summed E-state index contributed by atoms with van der Waals surface area (Å²) >= 11 is 0. The predicted octanol–water partition coefficient (Wildman–Crippen LogP) is 2.99. The third-order valence-corrected chi connectivity index (χ3v) is 7.70. The van der Waals surface area contributed by atoms with Gasteiger partial charge in [0.25, 0.3) is 5.91 Å². The van der Waals surface area contributed by atoms with E-state index in [1.165, 1.54) is 4.31 Å². The molecule has 0 spiro atoms. The molecule has 3 rings (SSSR count). The first-order valence-corrected chi connectivity index (χ1v) is 11.3. The molecule has 1 amide bonds. The number of nitrogens with zero attached hydrogens (tertiary/aromatic N) is 1. The van der Waals surface area contributed by atoms with Crippen LogP contribution in [0.15, 0.2) is 29.2 Å². The van der Waals surface area contributed by atoms with Crippen molar-refractivity contribution in [2.45, 2.75) is 45.1 Å². The number of hydrogen-bond acceptors (Lipinski definition) is 4. The maximum Gasteiger partial charge on any atom is 0.268 e. The van der Waals surface area contributed by atoms with Gasteiger partial charge in [0, 0.05) is 25.3 Å². The minimum atomic E-state index is -3.63. The number of piperidine rings is 1. The number of rotatable bonds is 6. The number of carbonyl (C=O) groups excluding carboxylic acids is 1. The van der Waals surface area contributed by atoms with E-state index in [9.17, 15) is 13.2 Å². The summed E-state index contributed by atoms with van der Waals surface area (Å²) in [7, 11) is -2.04. The average Bonchev–Trinajstić information content (AvgIpc) is 3.01. The summed E-state index contributed by atoms with van der Waals surface area (Å²) in [5.41, 5.74) is 2.14. The maximum absolute atomic E-state index is 13.2. The summed E-state index contributed by atoms with van der Waals surface area (Å²) in [6, 6.07) is 7.43. The van der Waals surface area contributed by atoms with Crippen molar-refractivity contribution in [3.63, 3.8) is 0 Å². The van der Waals surface area contributed by atoms with Crippen molar-refractivity contribution in [1.82, 2.24) is 14.6 Å². The zero-order valence-corrected chi connectivity index (χ0v) is 18.2. The summed E-state index contributed by atoms with van der Waals surface area (Å²) in [6.45, 7) is 6.88. The van der Waals surface area contributed by atoms with Crippen molar-refractivity contribution in [2.24, 2.45) is 5.92 Å². The van der Waals surface area contributed by atoms with Crippen LogP contribution in [0.25, 0.3) is 0 Å². The number of ether oxygens (including phenoxy) is 1. The molecule has 1 aromatic carbocycles. The Bertz CT molecular complexity index is 989. The molecule has 1 aliphatic rings. The standard InChI is InChI=1S/C21H29N3O4S/c1-14-8-10-24(11-9-14)29(26,27)20-15(2)19(23-16(20)3)21(25)22-13-17-6-5-7-18(12-17)28-4/h5-7,12,14,23H,8-11,13H2,1-4H3,(H,22,25). The molecule has 7 nitrogen and oxygen atoms in total. The summed E-state index contributed by atoms with van der Waals surface area (Å²) in [5, 5.41) is 2.85. The molecule has 2 aromatic rings. The number of carbonyl (C=O) groups is 1. The van der Waals surface area contributed by atoms with Crippen LogP contribution in [0.5, 0.6) is 5.75 Å². The van der Waals surface area contributed by atoms with Gasteiger partial charge in [-0.25, -0.2) is 8.42 Å². The lowest BCUT2D eigenvalue weighted by Gasteiger charge is -2.29. The number of hydrogen-bond donors (Lipinski definition) is 2. The van der Waals surface area contributed by atoms with Gasteiger partial charge in [-0.3, -0.25) is 4.79 Å². The van der Waals surface area contributed by atoms with Gasteiger partial charge in [0.1, 0.15) is 16.3 Å². The highest BCUT2D eigenvalue weighted by molar-refractivity contribution is 7.89. The smallest absolute Gasteiger partial charge is 0.268 e. The minimum Gasteiger partial charge on any atom is -0.497 e. The summed E-state index contributed by atoms with van der Waals surface area (Å²) in [6.07, 6.45) is 1.71. The quantitative estimate of drug-likeness (QED) is 0.753. The second-order valence-electron chi connectivity index (χ2n) is 7.70. The van der Waals surface area contributed by atoms with Gasteiger partial charge in [-0.05, 0) is 55.9 Å². The highest BCUT2D eigenvalue weighted by Crippen LogP contribution is 2.29. The Labute approximate surface area is 172 Å². The second kappa shape index (κ2) is 8.59. The van der Waals surface area contributed by atoms with E-state index in [2.05, 4.69) is 17.2 Å². The van der Waals surface area contributed by atoms with Crippen LogP contribution in [-0.4, -0.2) is 43.8 Å². The third kappa shape index (κ3) is 4.48. The highest BCUT2D eigenvalue weighted by atomic mass is 32.2. The molecule has 1 aromatic heterocycles. The Morgan fingerprint density at radius 1 is 1.28 bits per heavy atom. The molecule has 0 saturated carbocycles. The number of sulfonamides is 1. The fourth-order valence-corrected chi connectivity index (χ4v) is 5.63. The number of aromatic nitrogens is 1. The van der Waals surface area contributed by atoms with Crippen LogP contribution in [0.2, 0.25) is 0 Å². The van der Waals surface area contributed by atoms with Gasteiger partial charge in [-0.15, -0.1) is 0 Å². The van der Waals surface area contributed by atoms with Crippen LogP contribution in [0.3, 0.4) is 0 Å². The van der Waals surface area contributed by atoms with Gasteiger partial charge in [0.2, 0.25) is 10.0 Å². The molecule has 0 aliphatic carbocycles. The van der Waals surface area contributed by atoms with Gasteiger partial charge in [-0.2, -0.15) is 4.31 Å². The van der Waals surface area contributed by atoms with E-state index in [0.717, 1.165) is 18.4 Å².